The number of aromatic nitrogens is 2. The molecule has 1 saturated carbocycles. The number of aryl methyl sites for hydroxylation is 1. The highest BCUT2D eigenvalue weighted by molar-refractivity contribution is 5.92. The summed E-state index contributed by atoms with van der Waals surface area (Å²) in [6.45, 7) is 1.04. The summed E-state index contributed by atoms with van der Waals surface area (Å²) in [5.74, 6) is 0.552. The van der Waals surface area contributed by atoms with Gasteiger partial charge in [0.05, 0.1) is 0 Å². The molecule has 1 N–H and O–H groups in total. The molecule has 1 amide bonds. The van der Waals surface area contributed by atoms with Crippen LogP contribution in [0.4, 0.5) is 0 Å². The molecule has 106 valence electrons. The van der Waals surface area contributed by atoms with Gasteiger partial charge in [-0.05, 0) is 38.9 Å². The van der Waals surface area contributed by atoms with Crippen LogP contribution in [0.3, 0.4) is 0 Å². The normalized spacial score (nSPS) is 23.6. The number of hydrogen-bond donors (Lipinski definition) is 1. The molecular weight excluding hydrogens is 240 g/mol. The van der Waals surface area contributed by atoms with Gasteiger partial charge in [0.15, 0.2) is 0 Å². The first-order chi connectivity index (χ1) is 9.08. The standard InChI is InChI=1S/C14H24N4O/c1-17(2)10-11-6-4-5-7-12(11)16-14(19)13-8-9-15-18(13)3/h8-9,11-12H,4-7,10H2,1-3H3,(H,16,19)/t11-,12+/m1/s1. The van der Waals surface area contributed by atoms with Crippen LogP contribution in [0.5, 0.6) is 0 Å². The molecule has 19 heavy (non-hydrogen) atoms. The lowest BCUT2D eigenvalue weighted by Gasteiger charge is -2.33. The molecule has 1 aromatic heterocycles. The number of carbonyl (C=O) groups is 1. The van der Waals surface area contributed by atoms with Crippen LogP contribution in [0, 0.1) is 5.92 Å². The van der Waals surface area contributed by atoms with E-state index in [0.29, 0.717) is 17.7 Å². The zero-order chi connectivity index (χ0) is 13.8. The minimum absolute atomic E-state index is 0.00402. The Kier molecular flexibility index (Phi) is 4.58. The summed E-state index contributed by atoms with van der Waals surface area (Å²) in [5, 5.41) is 7.24. The number of amides is 1. The second-order valence-electron chi connectivity index (χ2n) is 5.73. The van der Waals surface area contributed by atoms with Gasteiger partial charge in [-0.1, -0.05) is 12.8 Å². The molecular formula is C14H24N4O. The lowest BCUT2D eigenvalue weighted by atomic mass is 9.84. The lowest BCUT2D eigenvalue weighted by Crippen LogP contribution is -2.45. The molecule has 0 unspecified atom stereocenters. The Labute approximate surface area is 115 Å². The molecule has 5 heteroatoms. The molecule has 2 atom stereocenters. The van der Waals surface area contributed by atoms with Gasteiger partial charge in [0.1, 0.15) is 5.69 Å². The Morgan fingerprint density at radius 3 is 2.84 bits per heavy atom. The highest BCUT2D eigenvalue weighted by Gasteiger charge is 2.27. The first-order valence-corrected chi connectivity index (χ1v) is 7.01. The van der Waals surface area contributed by atoms with E-state index < -0.39 is 0 Å². The minimum Gasteiger partial charge on any atom is -0.348 e. The predicted molar refractivity (Wildman–Crippen MR) is 75.0 cm³/mol. The van der Waals surface area contributed by atoms with Crippen LogP contribution in [-0.2, 0) is 7.05 Å². The van der Waals surface area contributed by atoms with Crippen molar-refractivity contribution in [3.8, 4) is 0 Å². The molecule has 2 rings (SSSR count). The molecule has 1 aliphatic rings. The molecule has 0 spiro atoms. The summed E-state index contributed by atoms with van der Waals surface area (Å²) >= 11 is 0. The third kappa shape index (κ3) is 3.56. The van der Waals surface area contributed by atoms with Crippen molar-refractivity contribution in [2.45, 2.75) is 31.7 Å². The van der Waals surface area contributed by atoms with Crippen LogP contribution in [0.15, 0.2) is 12.3 Å². The maximum atomic E-state index is 12.2. The van der Waals surface area contributed by atoms with Gasteiger partial charge in [-0.25, -0.2) is 0 Å². The van der Waals surface area contributed by atoms with Gasteiger partial charge in [-0.3, -0.25) is 9.48 Å². The Balaban J connectivity index is 1.99. The topological polar surface area (TPSA) is 50.2 Å². The number of hydrogen-bond acceptors (Lipinski definition) is 3. The van der Waals surface area contributed by atoms with E-state index >= 15 is 0 Å². The second kappa shape index (κ2) is 6.19. The van der Waals surface area contributed by atoms with Gasteiger partial charge in [0.2, 0.25) is 0 Å². The molecule has 0 bridgehead atoms. The van der Waals surface area contributed by atoms with Crippen molar-refractivity contribution >= 4 is 5.91 Å². The van der Waals surface area contributed by atoms with Gasteiger partial charge in [-0.2, -0.15) is 5.10 Å². The predicted octanol–water partition coefficient (Wildman–Crippen LogP) is 1.27. The Bertz CT molecular complexity index is 427. The minimum atomic E-state index is -0.00402. The van der Waals surface area contributed by atoms with Crippen molar-refractivity contribution in [3.63, 3.8) is 0 Å². The fraction of sp³-hybridized carbons (Fsp3) is 0.714. The van der Waals surface area contributed by atoms with Crippen LogP contribution < -0.4 is 5.32 Å². The van der Waals surface area contributed by atoms with Gasteiger partial charge in [-0.15, -0.1) is 0 Å². The van der Waals surface area contributed by atoms with E-state index in [0.717, 1.165) is 13.0 Å². The summed E-state index contributed by atoms with van der Waals surface area (Å²) in [4.78, 5) is 14.4. The monoisotopic (exact) mass is 264 g/mol. The van der Waals surface area contributed by atoms with Gasteiger partial charge >= 0.3 is 0 Å². The van der Waals surface area contributed by atoms with Crippen LogP contribution >= 0.6 is 0 Å². The van der Waals surface area contributed by atoms with Crippen LogP contribution in [-0.4, -0.2) is 47.3 Å². The van der Waals surface area contributed by atoms with E-state index in [1.807, 2.05) is 0 Å². The Morgan fingerprint density at radius 2 is 2.21 bits per heavy atom. The maximum Gasteiger partial charge on any atom is 0.269 e. The Hall–Kier alpha value is -1.36. The molecule has 0 aliphatic heterocycles. The first kappa shape index (κ1) is 14.1. The lowest BCUT2D eigenvalue weighted by molar-refractivity contribution is 0.0886. The summed E-state index contributed by atoms with van der Waals surface area (Å²) < 4.78 is 1.62. The molecule has 0 saturated heterocycles. The number of rotatable bonds is 4. The van der Waals surface area contributed by atoms with Crippen LogP contribution in [0.1, 0.15) is 36.2 Å². The molecule has 0 aromatic carbocycles. The van der Waals surface area contributed by atoms with Crippen molar-refractivity contribution in [2.75, 3.05) is 20.6 Å². The summed E-state index contributed by atoms with van der Waals surface area (Å²) in [6.07, 6.45) is 6.43. The average Bonchev–Trinajstić information content (AvgIpc) is 2.77. The van der Waals surface area contributed by atoms with Crippen LogP contribution in [0.25, 0.3) is 0 Å². The number of nitrogens with zero attached hydrogens (tertiary/aromatic N) is 3. The molecule has 1 heterocycles. The summed E-state index contributed by atoms with van der Waals surface area (Å²) in [6, 6.07) is 2.05. The SMILES string of the molecule is CN(C)C[C@H]1CCCC[C@@H]1NC(=O)c1ccnn1C. The van der Waals surface area contributed by atoms with E-state index in [4.69, 9.17) is 0 Å². The van der Waals surface area contributed by atoms with Gasteiger partial charge in [0, 0.05) is 25.8 Å². The first-order valence-electron chi connectivity index (χ1n) is 7.01. The highest BCUT2D eigenvalue weighted by Crippen LogP contribution is 2.25. The molecule has 5 nitrogen and oxygen atoms in total. The van der Waals surface area contributed by atoms with Crippen molar-refractivity contribution < 1.29 is 4.79 Å². The zero-order valence-corrected chi connectivity index (χ0v) is 12.1. The summed E-state index contributed by atoms with van der Waals surface area (Å²) in [7, 11) is 5.98. The van der Waals surface area contributed by atoms with Gasteiger partial charge < -0.3 is 10.2 Å². The smallest absolute Gasteiger partial charge is 0.269 e. The highest BCUT2D eigenvalue weighted by atomic mass is 16.2. The zero-order valence-electron chi connectivity index (χ0n) is 12.1. The van der Waals surface area contributed by atoms with E-state index in [2.05, 4.69) is 29.4 Å². The fourth-order valence-electron chi connectivity index (χ4n) is 2.92. The van der Waals surface area contributed by atoms with Crippen molar-refractivity contribution in [3.05, 3.63) is 18.0 Å². The van der Waals surface area contributed by atoms with E-state index in [1.165, 1.54) is 19.3 Å². The average molecular weight is 264 g/mol. The third-order valence-electron chi connectivity index (χ3n) is 3.88. The van der Waals surface area contributed by atoms with E-state index in [9.17, 15) is 4.79 Å². The van der Waals surface area contributed by atoms with Crippen molar-refractivity contribution in [1.82, 2.24) is 20.0 Å². The largest absolute Gasteiger partial charge is 0.348 e. The second-order valence-corrected chi connectivity index (χ2v) is 5.73. The van der Waals surface area contributed by atoms with Crippen molar-refractivity contribution in [1.29, 1.82) is 0 Å². The third-order valence-corrected chi connectivity index (χ3v) is 3.88. The summed E-state index contributed by atoms with van der Waals surface area (Å²) in [5.41, 5.74) is 0.633. The molecule has 0 radical (unpaired) electrons. The van der Waals surface area contributed by atoms with E-state index in [1.54, 1.807) is 24.0 Å². The molecule has 1 aliphatic carbocycles. The van der Waals surface area contributed by atoms with Crippen molar-refractivity contribution in [2.24, 2.45) is 13.0 Å². The van der Waals surface area contributed by atoms with Crippen LogP contribution in [0.2, 0.25) is 0 Å². The molecule has 1 fully saturated rings. The number of carbonyl (C=O) groups excluding carboxylic acids is 1. The Morgan fingerprint density at radius 1 is 1.47 bits per heavy atom. The molecule has 1 aromatic rings. The van der Waals surface area contributed by atoms with Gasteiger partial charge in [0.25, 0.3) is 5.91 Å². The maximum absolute atomic E-state index is 12.2. The fourth-order valence-corrected chi connectivity index (χ4v) is 2.92. The van der Waals surface area contributed by atoms with E-state index in [-0.39, 0.29) is 5.91 Å². The quantitative estimate of drug-likeness (QED) is 0.891. The number of nitrogens with one attached hydrogen (secondary N) is 1.